The van der Waals surface area contributed by atoms with Gasteiger partial charge >= 0.3 is 5.97 Å². The summed E-state index contributed by atoms with van der Waals surface area (Å²) in [5.74, 6) is -3.69. The Morgan fingerprint density at radius 3 is 2.42 bits per heavy atom. The number of nitrogens with one attached hydrogen (secondary N) is 1. The number of sulfonamides is 1. The van der Waals surface area contributed by atoms with Gasteiger partial charge in [-0.25, -0.2) is 13.2 Å². The molecule has 0 saturated heterocycles. The Hall–Kier alpha value is -3.64. The summed E-state index contributed by atoms with van der Waals surface area (Å²) in [6.07, 6.45) is 0.515. The molecule has 8 nitrogen and oxygen atoms in total. The van der Waals surface area contributed by atoms with E-state index >= 15 is 0 Å². The number of hydrogen-bond donors (Lipinski definition) is 3. The summed E-state index contributed by atoms with van der Waals surface area (Å²) in [6.45, 7) is 0. The highest BCUT2D eigenvalue weighted by molar-refractivity contribution is 7.92. The lowest BCUT2D eigenvalue weighted by Gasteiger charge is -2.10. The monoisotopic (exact) mass is 372 g/mol. The fourth-order valence-corrected chi connectivity index (χ4v) is 3.22. The van der Waals surface area contributed by atoms with E-state index in [1.165, 1.54) is 48.5 Å². The Bertz CT molecular complexity index is 1050. The lowest BCUT2D eigenvalue weighted by Crippen LogP contribution is -2.14. The number of aliphatic carboxylic acids is 1. The molecule has 0 saturated carbocycles. The summed E-state index contributed by atoms with van der Waals surface area (Å²) >= 11 is 0. The molecule has 0 atom stereocenters. The van der Waals surface area contributed by atoms with Crippen molar-refractivity contribution in [2.24, 2.45) is 0 Å². The lowest BCUT2D eigenvalue weighted by molar-refractivity contribution is -0.146. The Morgan fingerprint density at radius 2 is 1.77 bits per heavy atom. The predicted molar refractivity (Wildman–Crippen MR) is 91.7 cm³/mol. The minimum absolute atomic E-state index is 0.0355. The number of hydrogen-bond acceptors (Lipinski definition) is 6. The molecule has 2 aromatic rings. The van der Waals surface area contributed by atoms with E-state index in [0.29, 0.717) is 6.08 Å². The van der Waals surface area contributed by atoms with E-state index in [9.17, 15) is 23.1 Å². The molecule has 26 heavy (non-hydrogen) atoms. The van der Waals surface area contributed by atoms with Crippen molar-refractivity contribution >= 4 is 33.2 Å². The van der Waals surface area contributed by atoms with Gasteiger partial charge in [-0.2, -0.15) is 5.26 Å². The highest BCUT2D eigenvalue weighted by atomic mass is 32.2. The normalized spacial score (nSPS) is 11.4. The van der Waals surface area contributed by atoms with Crippen LogP contribution in [0.3, 0.4) is 0 Å². The number of aliphatic hydroxyl groups is 1. The molecular weight excluding hydrogens is 360 g/mol. The van der Waals surface area contributed by atoms with Crippen LogP contribution in [0.25, 0.3) is 5.76 Å². The average molecular weight is 372 g/mol. The van der Waals surface area contributed by atoms with Crippen LogP contribution < -0.4 is 4.72 Å². The van der Waals surface area contributed by atoms with E-state index in [1.54, 1.807) is 6.07 Å². The quantitative estimate of drug-likeness (QED) is 0.399. The van der Waals surface area contributed by atoms with Crippen LogP contribution in [0.1, 0.15) is 11.1 Å². The number of nitriles is 1. The number of anilines is 1. The molecule has 0 heterocycles. The van der Waals surface area contributed by atoms with Crippen molar-refractivity contribution in [3.63, 3.8) is 0 Å². The van der Waals surface area contributed by atoms with Crippen molar-refractivity contribution in [1.82, 2.24) is 0 Å². The van der Waals surface area contributed by atoms with Crippen molar-refractivity contribution in [1.29, 1.82) is 5.26 Å². The molecule has 0 aromatic heterocycles. The standard InChI is InChI=1S/C17H12N2O6S/c18-10-12-4-1-2-7-16(12)26(24,25)19-13-6-3-5-11(8-13)14(20)9-15(21)17(22)23/h1-9,19-20H,(H,22,23). The highest BCUT2D eigenvalue weighted by Crippen LogP contribution is 2.22. The maximum absolute atomic E-state index is 12.5. The minimum Gasteiger partial charge on any atom is -0.507 e. The van der Waals surface area contributed by atoms with E-state index < -0.39 is 27.5 Å². The number of aliphatic hydroxyl groups excluding tert-OH is 1. The van der Waals surface area contributed by atoms with Crippen LogP contribution in [0.5, 0.6) is 0 Å². The third-order valence-corrected chi connectivity index (χ3v) is 4.63. The molecule has 9 heteroatoms. The number of rotatable bonds is 6. The van der Waals surface area contributed by atoms with Crippen molar-refractivity contribution in [2.75, 3.05) is 4.72 Å². The average Bonchev–Trinajstić information content (AvgIpc) is 2.61. The molecule has 2 aromatic carbocycles. The summed E-state index contributed by atoms with van der Waals surface area (Å²) in [4.78, 5) is 21.4. The zero-order valence-corrected chi connectivity index (χ0v) is 13.9. The number of carbonyl (C=O) groups excluding carboxylic acids is 1. The molecule has 0 bridgehead atoms. The van der Waals surface area contributed by atoms with Crippen LogP contribution in [-0.2, 0) is 19.6 Å². The van der Waals surface area contributed by atoms with Gasteiger partial charge in [-0.05, 0) is 24.3 Å². The number of carboxylic acid groups (broad SMARTS) is 1. The summed E-state index contributed by atoms with van der Waals surface area (Å²) in [5.41, 5.74) is 0.0530. The molecule has 0 aliphatic rings. The van der Waals surface area contributed by atoms with Crippen LogP contribution in [-0.4, -0.2) is 30.4 Å². The molecule has 0 fully saturated rings. The van der Waals surface area contributed by atoms with Crippen molar-refractivity contribution < 1.29 is 28.2 Å². The molecule has 0 aliphatic carbocycles. The van der Waals surface area contributed by atoms with Gasteiger partial charge in [0, 0.05) is 17.3 Å². The molecule has 0 spiro atoms. The van der Waals surface area contributed by atoms with E-state index in [1.807, 2.05) is 0 Å². The number of carboxylic acids is 1. The van der Waals surface area contributed by atoms with Gasteiger partial charge in [0.05, 0.1) is 5.56 Å². The molecule has 3 N–H and O–H groups in total. The lowest BCUT2D eigenvalue weighted by atomic mass is 10.1. The topological polar surface area (TPSA) is 145 Å². The number of ketones is 1. The zero-order valence-electron chi connectivity index (χ0n) is 13.1. The van der Waals surface area contributed by atoms with Gasteiger partial charge in [-0.3, -0.25) is 9.52 Å². The SMILES string of the molecule is N#Cc1ccccc1S(=O)(=O)Nc1cccc(C(O)=CC(=O)C(=O)O)c1. The van der Waals surface area contributed by atoms with Crippen LogP contribution in [0.15, 0.2) is 59.5 Å². The van der Waals surface area contributed by atoms with E-state index in [4.69, 9.17) is 10.4 Å². The van der Waals surface area contributed by atoms with Gasteiger partial charge < -0.3 is 10.2 Å². The molecule has 0 amide bonds. The smallest absolute Gasteiger partial charge is 0.376 e. The molecule has 2 rings (SSSR count). The summed E-state index contributed by atoms with van der Waals surface area (Å²) in [7, 11) is -4.07. The van der Waals surface area contributed by atoms with Crippen molar-refractivity contribution in [3.8, 4) is 6.07 Å². The largest absolute Gasteiger partial charge is 0.507 e. The molecule has 0 radical (unpaired) electrons. The first-order valence-corrected chi connectivity index (χ1v) is 8.53. The van der Waals surface area contributed by atoms with Crippen LogP contribution in [0.2, 0.25) is 0 Å². The van der Waals surface area contributed by atoms with Crippen molar-refractivity contribution in [3.05, 3.63) is 65.7 Å². The second-order valence-electron chi connectivity index (χ2n) is 4.99. The number of carbonyl (C=O) groups is 2. The summed E-state index contributed by atoms with van der Waals surface area (Å²) in [6, 6.07) is 12.8. The molecule has 0 unspecified atom stereocenters. The van der Waals surface area contributed by atoms with Gasteiger partial charge in [-0.15, -0.1) is 0 Å². The third-order valence-electron chi connectivity index (χ3n) is 3.19. The predicted octanol–water partition coefficient (Wildman–Crippen LogP) is 1.91. The first kappa shape index (κ1) is 18.7. The minimum atomic E-state index is -4.07. The van der Waals surface area contributed by atoms with E-state index in [2.05, 4.69) is 4.72 Å². The third kappa shape index (κ3) is 4.25. The fourth-order valence-electron chi connectivity index (χ4n) is 2.01. The molecule has 132 valence electrons. The highest BCUT2D eigenvalue weighted by Gasteiger charge is 2.19. The number of nitrogens with zero attached hydrogens (tertiary/aromatic N) is 1. The Labute approximate surface area is 148 Å². The van der Waals surface area contributed by atoms with Gasteiger partial charge in [-0.1, -0.05) is 24.3 Å². The second kappa shape index (κ2) is 7.50. The van der Waals surface area contributed by atoms with Crippen LogP contribution >= 0.6 is 0 Å². The van der Waals surface area contributed by atoms with E-state index in [0.717, 1.165) is 0 Å². The van der Waals surface area contributed by atoms with Crippen molar-refractivity contribution in [2.45, 2.75) is 4.90 Å². The second-order valence-corrected chi connectivity index (χ2v) is 6.64. The van der Waals surface area contributed by atoms with Gasteiger partial charge in [0.1, 0.15) is 16.7 Å². The maximum atomic E-state index is 12.5. The Balaban J connectivity index is 2.36. The van der Waals surface area contributed by atoms with Gasteiger partial charge in [0.15, 0.2) is 0 Å². The van der Waals surface area contributed by atoms with Gasteiger partial charge in [0.25, 0.3) is 15.8 Å². The van der Waals surface area contributed by atoms with Gasteiger partial charge in [0.2, 0.25) is 0 Å². The first-order chi connectivity index (χ1) is 12.2. The Kier molecular flexibility index (Phi) is 5.39. The zero-order chi connectivity index (χ0) is 19.3. The Morgan fingerprint density at radius 1 is 1.08 bits per heavy atom. The first-order valence-electron chi connectivity index (χ1n) is 7.05. The van der Waals surface area contributed by atoms with E-state index in [-0.39, 0.29) is 21.7 Å². The molecular formula is C17H12N2O6S. The molecule has 0 aliphatic heterocycles. The van der Waals surface area contributed by atoms with Crippen LogP contribution in [0.4, 0.5) is 5.69 Å². The number of benzene rings is 2. The maximum Gasteiger partial charge on any atom is 0.376 e. The fraction of sp³-hybridized carbons (Fsp3) is 0. The van der Waals surface area contributed by atoms with Crippen LogP contribution in [0, 0.1) is 11.3 Å². The summed E-state index contributed by atoms with van der Waals surface area (Å²) in [5, 5.41) is 27.4. The summed E-state index contributed by atoms with van der Waals surface area (Å²) < 4.78 is 27.2.